The van der Waals surface area contributed by atoms with Crippen molar-refractivity contribution >= 4 is 5.91 Å². The normalized spacial score (nSPS) is 11.7. The molecule has 1 unspecified atom stereocenters. The zero-order valence-corrected chi connectivity index (χ0v) is 15.3. The van der Waals surface area contributed by atoms with Crippen LogP contribution < -0.4 is 5.32 Å². The zero-order chi connectivity index (χ0) is 19.2. The Labute approximate surface area is 163 Å². The summed E-state index contributed by atoms with van der Waals surface area (Å²) in [6.45, 7) is 0.622. The summed E-state index contributed by atoms with van der Waals surface area (Å²) in [7, 11) is 0. The monoisotopic (exact) mass is 368 g/mol. The first-order chi connectivity index (χ1) is 13.8. The van der Waals surface area contributed by atoms with Gasteiger partial charge in [-0.15, -0.1) is 0 Å². The minimum atomic E-state index is -0.327. The summed E-state index contributed by atoms with van der Waals surface area (Å²) >= 11 is 0. The van der Waals surface area contributed by atoms with Gasteiger partial charge in [-0.2, -0.15) is 5.10 Å². The van der Waals surface area contributed by atoms with Gasteiger partial charge in [0.1, 0.15) is 0 Å². The zero-order valence-electron chi connectivity index (χ0n) is 15.3. The molecule has 138 valence electrons. The van der Waals surface area contributed by atoms with E-state index < -0.39 is 0 Å². The number of carbonyl (C=O) groups is 1. The SMILES string of the molecule is O=C(NC(c1ccccc1)c1ccccn1)c1cnn(Cc2ccccc2)c1. The summed E-state index contributed by atoms with van der Waals surface area (Å²) in [4.78, 5) is 17.3. The molecule has 2 aromatic heterocycles. The lowest BCUT2D eigenvalue weighted by Gasteiger charge is -2.18. The van der Waals surface area contributed by atoms with Crippen molar-refractivity contribution in [3.8, 4) is 0 Å². The number of amides is 1. The highest BCUT2D eigenvalue weighted by molar-refractivity contribution is 5.94. The molecule has 4 aromatic rings. The predicted molar refractivity (Wildman–Crippen MR) is 108 cm³/mol. The molecule has 0 bridgehead atoms. The van der Waals surface area contributed by atoms with Crippen molar-refractivity contribution in [1.29, 1.82) is 0 Å². The molecule has 1 amide bonds. The maximum absolute atomic E-state index is 12.9. The Morgan fingerprint density at radius 1 is 0.929 bits per heavy atom. The van der Waals surface area contributed by atoms with Crippen molar-refractivity contribution in [2.75, 3.05) is 0 Å². The quantitative estimate of drug-likeness (QED) is 0.562. The van der Waals surface area contributed by atoms with Crippen LogP contribution in [-0.2, 0) is 6.54 Å². The van der Waals surface area contributed by atoms with Crippen LogP contribution in [0.3, 0.4) is 0 Å². The number of hydrogen-bond donors (Lipinski definition) is 1. The predicted octanol–water partition coefficient (Wildman–Crippen LogP) is 3.85. The number of carbonyl (C=O) groups excluding carboxylic acids is 1. The van der Waals surface area contributed by atoms with Crippen molar-refractivity contribution in [3.05, 3.63) is 120 Å². The van der Waals surface area contributed by atoms with E-state index >= 15 is 0 Å². The molecule has 1 atom stereocenters. The molecule has 28 heavy (non-hydrogen) atoms. The molecule has 0 saturated heterocycles. The standard InChI is InChI=1S/C23H20N4O/c28-23(20-15-25-27(17-20)16-18-9-3-1-4-10-18)26-22(19-11-5-2-6-12-19)21-13-7-8-14-24-21/h1-15,17,22H,16H2,(H,26,28). The third kappa shape index (κ3) is 4.15. The number of nitrogens with one attached hydrogen (secondary N) is 1. The van der Waals surface area contributed by atoms with E-state index in [1.807, 2.05) is 78.9 Å². The molecule has 0 fully saturated rings. The topological polar surface area (TPSA) is 59.8 Å². The van der Waals surface area contributed by atoms with Gasteiger partial charge in [0.15, 0.2) is 0 Å². The van der Waals surface area contributed by atoms with E-state index in [2.05, 4.69) is 15.4 Å². The van der Waals surface area contributed by atoms with E-state index in [0.29, 0.717) is 12.1 Å². The highest BCUT2D eigenvalue weighted by Gasteiger charge is 2.19. The Hall–Kier alpha value is -3.73. The summed E-state index contributed by atoms with van der Waals surface area (Å²) < 4.78 is 1.77. The van der Waals surface area contributed by atoms with Gasteiger partial charge in [-0.25, -0.2) is 0 Å². The first-order valence-electron chi connectivity index (χ1n) is 9.13. The molecule has 4 rings (SSSR count). The van der Waals surface area contributed by atoms with Crippen LogP contribution >= 0.6 is 0 Å². The number of benzene rings is 2. The van der Waals surface area contributed by atoms with Crippen molar-refractivity contribution in [3.63, 3.8) is 0 Å². The van der Waals surface area contributed by atoms with E-state index in [1.165, 1.54) is 0 Å². The Kier molecular flexibility index (Phi) is 5.24. The first-order valence-corrected chi connectivity index (χ1v) is 9.13. The van der Waals surface area contributed by atoms with Gasteiger partial charge < -0.3 is 5.32 Å². The van der Waals surface area contributed by atoms with E-state index in [-0.39, 0.29) is 11.9 Å². The second-order valence-electron chi connectivity index (χ2n) is 6.48. The number of nitrogens with zero attached hydrogens (tertiary/aromatic N) is 3. The van der Waals surface area contributed by atoms with Gasteiger partial charge in [0.05, 0.1) is 30.0 Å². The van der Waals surface area contributed by atoms with Gasteiger partial charge in [-0.1, -0.05) is 66.7 Å². The van der Waals surface area contributed by atoms with E-state index in [0.717, 1.165) is 16.8 Å². The highest BCUT2D eigenvalue weighted by atomic mass is 16.1. The van der Waals surface area contributed by atoms with Crippen molar-refractivity contribution in [2.24, 2.45) is 0 Å². The van der Waals surface area contributed by atoms with Crippen LogP contribution in [0, 0.1) is 0 Å². The Morgan fingerprint density at radius 2 is 1.64 bits per heavy atom. The van der Waals surface area contributed by atoms with Gasteiger partial charge in [-0.3, -0.25) is 14.5 Å². The number of pyridine rings is 1. The molecule has 5 nitrogen and oxygen atoms in total. The van der Waals surface area contributed by atoms with Gasteiger partial charge in [0.2, 0.25) is 0 Å². The maximum atomic E-state index is 12.9. The van der Waals surface area contributed by atoms with Gasteiger partial charge in [0, 0.05) is 12.4 Å². The fourth-order valence-corrected chi connectivity index (χ4v) is 3.07. The van der Waals surface area contributed by atoms with Crippen LogP contribution in [0.25, 0.3) is 0 Å². The van der Waals surface area contributed by atoms with Crippen LogP contribution in [0.15, 0.2) is 97.5 Å². The molecule has 0 aliphatic rings. The van der Waals surface area contributed by atoms with Crippen LogP contribution in [0.4, 0.5) is 0 Å². The summed E-state index contributed by atoms with van der Waals surface area (Å²) in [5.41, 5.74) is 3.42. The largest absolute Gasteiger partial charge is 0.339 e. The van der Waals surface area contributed by atoms with E-state index in [1.54, 1.807) is 23.3 Å². The highest BCUT2D eigenvalue weighted by Crippen LogP contribution is 2.20. The summed E-state index contributed by atoms with van der Waals surface area (Å²) in [5, 5.41) is 7.41. The van der Waals surface area contributed by atoms with Crippen LogP contribution in [0.2, 0.25) is 0 Å². The molecule has 0 radical (unpaired) electrons. The number of aromatic nitrogens is 3. The maximum Gasteiger partial charge on any atom is 0.255 e. The van der Waals surface area contributed by atoms with Gasteiger partial charge >= 0.3 is 0 Å². The molecular weight excluding hydrogens is 348 g/mol. The lowest BCUT2D eigenvalue weighted by molar-refractivity contribution is 0.0942. The smallest absolute Gasteiger partial charge is 0.255 e. The molecule has 0 saturated carbocycles. The second kappa shape index (κ2) is 8.31. The molecule has 0 aliphatic heterocycles. The summed E-state index contributed by atoms with van der Waals surface area (Å²) in [6.07, 6.45) is 5.09. The Bertz CT molecular complexity index is 990. The van der Waals surface area contributed by atoms with E-state index in [4.69, 9.17) is 0 Å². The van der Waals surface area contributed by atoms with E-state index in [9.17, 15) is 4.79 Å². The third-order valence-electron chi connectivity index (χ3n) is 4.47. The fraction of sp³-hybridized carbons (Fsp3) is 0.0870. The van der Waals surface area contributed by atoms with Crippen LogP contribution in [-0.4, -0.2) is 20.7 Å². The van der Waals surface area contributed by atoms with Crippen molar-refractivity contribution in [2.45, 2.75) is 12.6 Å². The lowest BCUT2D eigenvalue weighted by Crippen LogP contribution is -2.29. The Morgan fingerprint density at radius 3 is 2.36 bits per heavy atom. The number of rotatable bonds is 6. The molecule has 2 aromatic carbocycles. The Balaban J connectivity index is 1.54. The minimum absolute atomic E-state index is 0.182. The first kappa shape index (κ1) is 17.7. The fourth-order valence-electron chi connectivity index (χ4n) is 3.07. The molecule has 0 spiro atoms. The molecule has 5 heteroatoms. The second-order valence-corrected chi connectivity index (χ2v) is 6.48. The average molecular weight is 368 g/mol. The number of hydrogen-bond acceptors (Lipinski definition) is 3. The van der Waals surface area contributed by atoms with Crippen molar-refractivity contribution in [1.82, 2.24) is 20.1 Å². The summed E-state index contributed by atoms with van der Waals surface area (Å²) in [5.74, 6) is -0.182. The molecule has 2 heterocycles. The molecular formula is C23H20N4O. The average Bonchev–Trinajstić information content (AvgIpc) is 3.22. The van der Waals surface area contributed by atoms with Crippen molar-refractivity contribution < 1.29 is 4.79 Å². The lowest BCUT2D eigenvalue weighted by atomic mass is 10.0. The summed E-state index contributed by atoms with van der Waals surface area (Å²) in [6, 6.07) is 25.2. The van der Waals surface area contributed by atoms with Gasteiger partial charge in [-0.05, 0) is 23.3 Å². The molecule has 0 aliphatic carbocycles. The van der Waals surface area contributed by atoms with Crippen LogP contribution in [0.5, 0.6) is 0 Å². The van der Waals surface area contributed by atoms with Gasteiger partial charge in [0.25, 0.3) is 5.91 Å². The third-order valence-corrected chi connectivity index (χ3v) is 4.47. The minimum Gasteiger partial charge on any atom is -0.339 e. The van der Waals surface area contributed by atoms with Crippen LogP contribution in [0.1, 0.15) is 33.2 Å². The molecule has 1 N–H and O–H groups in total.